The van der Waals surface area contributed by atoms with Crippen LogP contribution in [0, 0.1) is 6.92 Å². The fourth-order valence-corrected chi connectivity index (χ4v) is 1.72. The van der Waals surface area contributed by atoms with Gasteiger partial charge < -0.3 is 4.74 Å². The molecule has 1 aromatic rings. The fourth-order valence-electron chi connectivity index (χ4n) is 1.09. The average molecular weight is 243 g/mol. The predicted molar refractivity (Wildman–Crippen MR) is 55.1 cm³/mol. The normalized spacial score (nSPS) is 9.77. The lowest BCUT2D eigenvalue weighted by molar-refractivity contribution is 0.0600. The summed E-state index contributed by atoms with van der Waals surface area (Å²) in [6.45, 7) is 1.98. The molecule has 0 N–H and O–H groups in total. The Morgan fingerprint density at radius 2 is 2.23 bits per heavy atom. The first-order valence-corrected chi connectivity index (χ1v) is 5.05. The molecule has 0 saturated carbocycles. The van der Waals surface area contributed by atoms with E-state index < -0.39 is 0 Å². The molecule has 0 amide bonds. The van der Waals surface area contributed by atoms with Gasteiger partial charge >= 0.3 is 5.97 Å². The number of carbonyl (C=O) groups is 1. The van der Waals surface area contributed by atoms with Crippen molar-refractivity contribution in [3.05, 3.63) is 34.9 Å². The largest absolute Gasteiger partial charge is 0.465 e. The average Bonchev–Trinajstić information content (AvgIpc) is 2.16. The maximum absolute atomic E-state index is 11.1. The molecule has 0 fully saturated rings. The van der Waals surface area contributed by atoms with Crippen LogP contribution in [0.4, 0.5) is 0 Å². The predicted octanol–water partition coefficient (Wildman–Crippen LogP) is 2.68. The van der Waals surface area contributed by atoms with Crippen LogP contribution < -0.4 is 0 Å². The van der Waals surface area contributed by atoms with Crippen molar-refractivity contribution >= 4 is 21.9 Å². The van der Waals surface area contributed by atoms with Gasteiger partial charge in [-0.15, -0.1) is 0 Å². The van der Waals surface area contributed by atoms with E-state index in [1.807, 2.05) is 19.1 Å². The minimum Gasteiger partial charge on any atom is -0.465 e. The van der Waals surface area contributed by atoms with Gasteiger partial charge in [0.15, 0.2) is 0 Å². The number of esters is 1. The second-order valence-electron chi connectivity index (χ2n) is 2.77. The summed E-state index contributed by atoms with van der Waals surface area (Å²) in [7, 11) is 1.38. The second kappa shape index (κ2) is 4.42. The van der Waals surface area contributed by atoms with Crippen molar-refractivity contribution in [1.82, 2.24) is 0 Å². The highest BCUT2D eigenvalue weighted by Gasteiger charge is 2.06. The molecule has 3 heteroatoms. The van der Waals surface area contributed by atoms with Crippen LogP contribution in [0.25, 0.3) is 0 Å². The van der Waals surface area contributed by atoms with Gasteiger partial charge in [-0.1, -0.05) is 22.0 Å². The van der Waals surface area contributed by atoms with Crippen LogP contribution in [0.15, 0.2) is 18.2 Å². The minimum atomic E-state index is -0.288. The summed E-state index contributed by atoms with van der Waals surface area (Å²) in [5, 5.41) is 0.806. The molecule has 0 spiro atoms. The van der Waals surface area contributed by atoms with Crippen LogP contribution in [-0.2, 0) is 10.1 Å². The third-order valence-electron chi connectivity index (χ3n) is 1.91. The summed E-state index contributed by atoms with van der Waals surface area (Å²) in [4.78, 5) is 11.1. The highest BCUT2D eigenvalue weighted by Crippen LogP contribution is 2.14. The van der Waals surface area contributed by atoms with E-state index >= 15 is 0 Å². The molecule has 1 rings (SSSR count). The highest BCUT2D eigenvalue weighted by molar-refractivity contribution is 9.08. The van der Waals surface area contributed by atoms with Crippen LogP contribution in [0.1, 0.15) is 21.5 Å². The van der Waals surface area contributed by atoms with E-state index in [0.717, 1.165) is 10.9 Å². The number of rotatable bonds is 2. The van der Waals surface area contributed by atoms with Crippen molar-refractivity contribution in [2.24, 2.45) is 0 Å². The highest BCUT2D eigenvalue weighted by atomic mass is 79.9. The molecule has 13 heavy (non-hydrogen) atoms. The number of ether oxygens (including phenoxy) is 1. The third-order valence-corrected chi connectivity index (χ3v) is 2.51. The first-order valence-electron chi connectivity index (χ1n) is 3.93. The number of halogens is 1. The van der Waals surface area contributed by atoms with Gasteiger partial charge in [-0.2, -0.15) is 0 Å². The van der Waals surface area contributed by atoms with Crippen molar-refractivity contribution in [2.75, 3.05) is 7.11 Å². The van der Waals surface area contributed by atoms with Gasteiger partial charge in [0, 0.05) is 5.33 Å². The molecule has 2 nitrogen and oxygen atoms in total. The van der Waals surface area contributed by atoms with E-state index in [4.69, 9.17) is 0 Å². The molecule has 0 bridgehead atoms. The Labute approximate surface area is 86.0 Å². The molecule has 0 aliphatic rings. The van der Waals surface area contributed by atoms with Crippen LogP contribution >= 0.6 is 15.9 Å². The van der Waals surface area contributed by atoms with Gasteiger partial charge in [-0.3, -0.25) is 0 Å². The van der Waals surface area contributed by atoms with Crippen molar-refractivity contribution in [1.29, 1.82) is 0 Å². The van der Waals surface area contributed by atoms with Crippen molar-refractivity contribution in [3.8, 4) is 0 Å². The van der Waals surface area contributed by atoms with Gasteiger partial charge in [0.2, 0.25) is 0 Å². The standard InChI is InChI=1S/C10H11BrO2/c1-7-5-8(10(12)13-2)3-4-9(7)6-11/h3-5H,6H2,1-2H3. The second-order valence-corrected chi connectivity index (χ2v) is 3.33. The molecule has 70 valence electrons. The van der Waals surface area contributed by atoms with Crippen molar-refractivity contribution < 1.29 is 9.53 Å². The maximum Gasteiger partial charge on any atom is 0.337 e. The smallest absolute Gasteiger partial charge is 0.337 e. The molecule has 0 aromatic heterocycles. The molecule has 1 aromatic carbocycles. The summed E-state index contributed by atoms with van der Waals surface area (Å²) >= 11 is 3.37. The number of alkyl halides is 1. The van der Waals surface area contributed by atoms with Crippen LogP contribution in [0.2, 0.25) is 0 Å². The Morgan fingerprint density at radius 1 is 1.54 bits per heavy atom. The van der Waals surface area contributed by atoms with Crippen molar-refractivity contribution in [2.45, 2.75) is 12.3 Å². The van der Waals surface area contributed by atoms with Gasteiger partial charge in [0.05, 0.1) is 12.7 Å². The number of aryl methyl sites for hydroxylation is 1. The number of hydrogen-bond acceptors (Lipinski definition) is 2. The van der Waals surface area contributed by atoms with Gasteiger partial charge in [-0.25, -0.2) is 4.79 Å². The van der Waals surface area contributed by atoms with E-state index in [1.54, 1.807) is 6.07 Å². The van der Waals surface area contributed by atoms with Gasteiger partial charge in [0.1, 0.15) is 0 Å². The first kappa shape index (κ1) is 10.3. The Morgan fingerprint density at radius 3 is 2.69 bits per heavy atom. The van der Waals surface area contributed by atoms with Gasteiger partial charge in [-0.05, 0) is 30.2 Å². The molecule has 0 heterocycles. The zero-order valence-corrected chi connectivity index (χ0v) is 9.22. The monoisotopic (exact) mass is 242 g/mol. The van der Waals surface area contributed by atoms with Crippen molar-refractivity contribution in [3.63, 3.8) is 0 Å². The Hall–Kier alpha value is -0.830. The van der Waals surface area contributed by atoms with E-state index in [2.05, 4.69) is 20.7 Å². The lowest BCUT2D eigenvalue weighted by Gasteiger charge is -2.04. The Kier molecular flexibility index (Phi) is 3.48. The molecular formula is C10H11BrO2. The summed E-state index contributed by atoms with van der Waals surface area (Å²) in [6.07, 6.45) is 0. The number of methoxy groups -OCH3 is 1. The lowest BCUT2D eigenvalue weighted by atomic mass is 10.1. The molecule has 0 radical (unpaired) electrons. The minimum absolute atomic E-state index is 0.288. The number of hydrogen-bond donors (Lipinski definition) is 0. The SMILES string of the molecule is COC(=O)c1ccc(CBr)c(C)c1. The topological polar surface area (TPSA) is 26.3 Å². The van der Waals surface area contributed by atoms with E-state index in [0.29, 0.717) is 5.56 Å². The molecule has 0 atom stereocenters. The van der Waals surface area contributed by atoms with Crippen LogP contribution in [0.5, 0.6) is 0 Å². The lowest BCUT2D eigenvalue weighted by Crippen LogP contribution is -2.01. The number of carbonyl (C=O) groups excluding carboxylic acids is 1. The van der Waals surface area contributed by atoms with E-state index in [9.17, 15) is 4.79 Å². The fraction of sp³-hybridized carbons (Fsp3) is 0.300. The third kappa shape index (κ3) is 2.31. The summed E-state index contributed by atoms with van der Waals surface area (Å²) < 4.78 is 4.61. The summed E-state index contributed by atoms with van der Waals surface area (Å²) in [6, 6.07) is 5.54. The zero-order valence-electron chi connectivity index (χ0n) is 7.63. The van der Waals surface area contributed by atoms with Gasteiger partial charge in [0.25, 0.3) is 0 Å². The van der Waals surface area contributed by atoms with E-state index in [1.165, 1.54) is 12.7 Å². The molecule has 0 unspecified atom stereocenters. The zero-order chi connectivity index (χ0) is 9.84. The quantitative estimate of drug-likeness (QED) is 0.589. The molecule has 0 aliphatic carbocycles. The number of benzene rings is 1. The molecular weight excluding hydrogens is 232 g/mol. The van der Waals surface area contributed by atoms with E-state index in [-0.39, 0.29) is 5.97 Å². The van der Waals surface area contributed by atoms with Crippen LogP contribution in [-0.4, -0.2) is 13.1 Å². The van der Waals surface area contributed by atoms with Crippen LogP contribution in [0.3, 0.4) is 0 Å². The maximum atomic E-state index is 11.1. The summed E-state index contributed by atoms with van der Waals surface area (Å²) in [5.74, 6) is -0.288. The Balaban J connectivity index is 3.02. The summed E-state index contributed by atoms with van der Waals surface area (Å²) in [5.41, 5.74) is 2.89. The first-order chi connectivity index (χ1) is 6.19. The Bertz CT molecular complexity index is 321. The molecule has 0 aliphatic heterocycles. The molecule has 0 saturated heterocycles.